The first-order chi connectivity index (χ1) is 9.49. The summed E-state index contributed by atoms with van der Waals surface area (Å²) < 4.78 is 14.3. The van der Waals surface area contributed by atoms with Crippen LogP contribution in [-0.2, 0) is 0 Å². The molecule has 0 aromatic heterocycles. The summed E-state index contributed by atoms with van der Waals surface area (Å²) in [5.41, 5.74) is 0. The van der Waals surface area contributed by atoms with Crippen molar-refractivity contribution in [2.45, 2.75) is 40.5 Å². The molecular weight excluding hydrogens is 478 g/mol. The molecule has 2 atom stereocenters. The Morgan fingerprint density at radius 2 is 1.20 bits per heavy atom. The third-order valence-corrected chi connectivity index (χ3v) is 5.13. The number of benzene rings is 1. The lowest BCUT2D eigenvalue weighted by atomic mass is 10.1. The molecule has 0 aliphatic heterocycles. The summed E-state index contributed by atoms with van der Waals surface area (Å²) in [5.74, 6) is 2.93. The molecule has 1 aromatic rings. The summed E-state index contributed by atoms with van der Waals surface area (Å²) >= 11 is 4.64. The Morgan fingerprint density at radius 1 is 0.850 bits per heavy atom. The highest BCUT2D eigenvalue weighted by atomic mass is 127. The molecule has 0 saturated heterocycles. The molecule has 0 fully saturated rings. The zero-order valence-corrected chi connectivity index (χ0v) is 17.0. The van der Waals surface area contributed by atoms with Gasteiger partial charge in [0.25, 0.3) is 0 Å². The molecule has 0 aliphatic carbocycles. The highest BCUT2D eigenvalue weighted by Crippen LogP contribution is 2.37. The maximum absolute atomic E-state index is 6.03. The second kappa shape index (κ2) is 9.33. The first-order valence-electron chi connectivity index (χ1n) is 7.23. The van der Waals surface area contributed by atoms with Gasteiger partial charge >= 0.3 is 0 Å². The Balaban J connectivity index is 2.87. The molecular formula is C16H24I2O2. The topological polar surface area (TPSA) is 18.5 Å². The van der Waals surface area contributed by atoms with Crippen LogP contribution in [0.1, 0.15) is 40.5 Å². The van der Waals surface area contributed by atoms with Crippen molar-refractivity contribution in [2.75, 3.05) is 13.2 Å². The minimum absolute atomic E-state index is 0.561. The number of hydrogen-bond acceptors (Lipinski definition) is 2. The first-order valence-corrected chi connectivity index (χ1v) is 9.38. The third-order valence-electron chi connectivity index (χ3n) is 3.43. The lowest BCUT2D eigenvalue weighted by molar-refractivity contribution is 0.215. The fourth-order valence-corrected chi connectivity index (χ4v) is 2.63. The summed E-state index contributed by atoms with van der Waals surface area (Å²) in [6.45, 7) is 10.3. The van der Waals surface area contributed by atoms with Gasteiger partial charge in [0.15, 0.2) is 11.5 Å². The van der Waals surface area contributed by atoms with Gasteiger partial charge < -0.3 is 9.47 Å². The van der Waals surface area contributed by atoms with Crippen LogP contribution in [0, 0.1) is 19.0 Å². The molecule has 114 valence electrons. The molecule has 0 aliphatic rings. The van der Waals surface area contributed by atoms with Crippen molar-refractivity contribution < 1.29 is 9.47 Å². The average Bonchev–Trinajstić information content (AvgIpc) is 2.45. The number of halogens is 2. The maximum Gasteiger partial charge on any atom is 0.175 e. The first kappa shape index (κ1) is 18.3. The lowest BCUT2D eigenvalue weighted by Gasteiger charge is -2.19. The van der Waals surface area contributed by atoms with Crippen LogP contribution < -0.4 is 9.47 Å². The van der Waals surface area contributed by atoms with Crippen molar-refractivity contribution in [3.8, 4) is 11.5 Å². The van der Waals surface area contributed by atoms with E-state index >= 15 is 0 Å². The molecule has 0 saturated carbocycles. The smallest absolute Gasteiger partial charge is 0.175 e. The number of hydrogen-bond donors (Lipinski definition) is 0. The molecule has 1 aromatic carbocycles. The lowest BCUT2D eigenvalue weighted by Crippen LogP contribution is -2.12. The molecule has 1 rings (SSSR count). The molecule has 0 bridgehead atoms. The van der Waals surface area contributed by atoms with E-state index in [4.69, 9.17) is 9.47 Å². The van der Waals surface area contributed by atoms with Gasteiger partial charge in [-0.15, -0.1) is 0 Å². The molecule has 4 heteroatoms. The Hall–Kier alpha value is 0.280. The van der Waals surface area contributed by atoms with E-state index in [1.54, 1.807) is 0 Å². The second-order valence-electron chi connectivity index (χ2n) is 5.34. The van der Waals surface area contributed by atoms with E-state index in [9.17, 15) is 0 Å². The van der Waals surface area contributed by atoms with E-state index < -0.39 is 0 Å². The zero-order chi connectivity index (χ0) is 15.1. The molecule has 0 heterocycles. The maximum atomic E-state index is 6.03. The van der Waals surface area contributed by atoms with Gasteiger partial charge in [-0.1, -0.05) is 40.5 Å². The number of ether oxygens (including phenoxy) is 2. The Morgan fingerprint density at radius 3 is 1.50 bits per heavy atom. The third kappa shape index (κ3) is 5.58. The minimum Gasteiger partial charge on any atom is -0.488 e. The van der Waals surface area contributed by atoms with Gasteiger partial charge in [-0.2, -0.15) is 0 Å². The quantitative estimate of drug-likeness (QED) is 0.422. The normalized spacial score (nSPS) is 13.9. The average molecular weight is 502 g/mol. The fraction of sp³-hybridized carbons (Fsp3) is 0.625. The molecule has 0 unspecified atom stereocenters. The van der Waals surface area contributed by atoms with Gasteiger partial charge in [0.1, 0.15) is 0 Å². The van der Waals surface area contributed by atoms with Crippen LogP contribution in [0.2, 0.25) is 0 Å². The van der Waals surface area contributed by atoms with E-state index in [0.717, 1.165) is 44.7 Å². The molecule has 20 heavy (non-hydrogen) atoms. The van der Waals surface area contributed by atoms with Crippen LogP contribution in [-0.4, -0.2) is 13.2 Å². The predicted octanol–water partition coefficient (Wildman–Crippen LogP) is 5.75. The van der Waals surface area contributed by atoms with Gasteiger partial charge in [0, 0.05) is 0 Å². The predicted molar refractivity (Wildman–Crippen MR) is 102 cm³/mol. The zero-order valence-electron chi connectivity index (χ0n) is 12.7. The molecule has 0 N–H and O–H groups in total. The van der Waals surface area contributed by atoms with Crippen molar-refractivity contribution in [3.63, 3.8) is 0 Å². The standard InChI is InChI=1S/C16H24I2O2/c1-5-11(3)9-19-15-13(17)7-8-14(18)16(15)20-10-12(4)6-2/h7-8,11-12H,5-6,9-10H2,1-4H3/t11-,12-/m0/s1. The van der Waals surface area contributed by atoms with Gasteiger partial charge in [-0.3, -0.25) is 0 Å². The minimum atomic E-state index is 0.561. The van der Waals surface area contributed by atoms with Crippen molar-refractivity contribution in [1.82, 2.24) is 0 Å². The van der Waals surface area contributed by atoms with E-state index in [-0.39, 0.29) is 0 Å². The van der Waals surface area contributed by atoms with Crippen LogP contribution in [0.25, 0.3) is 0 Å². The Kier molecular flexibility index (Phi) is 8.55. The number of rotatable bonds is 8. The molecule has 0 radical (unpaired) electrons. The monoisotopic (exact) mass is 502 g/mol. The summed E-state index contributed by atoms with van der Waals surface area (Å²) in [5, 5.41) is 0. The highest BCUT2D eigenvalue weighted by Gasteiger charge is 2.15. The van der Waals surface area contributed by atoms with Gasteiger partial charge in [0.2, 0.25) is 0 Å². The van der Waals surface area contributed by atoms with Crippen molar-refractivity contribution >= 4 is 45.2 Å². The second-order valence-corrected chi connectivity index (χ2v) is 7.66. The fourth-order valence-electron chi connectivity index (χ4n) is 1.47. The Bertz CT molecular complexity index is 382. The van der Waals surface area contributed by atoms with Crippen LogP contribution in [0.15, 0.2) is 12.1 Å². The Labute approximate surface area is 150 Å². The van der Waals surface area contributed by atoms with Gasteiger partial charge in [-0.05, 0) is 69.2 Å². The molecule has 2 nitrogen and oxygen atoms in total. The van der Waals surface area contributed by atoms with Crippen LogP contribution in [0.4, 0.5) is 0 Å². The van der Waals surface area contributed by atoms with Crippen molar-refractivity contribution in [1.29, 1.82) is 0 Å². The summed E-state index contributed by atoms with van der Waals surface area (Å²) in [7, 11) is 0. The van der Waals surface area contributed by atoms with E-state index in [1.807, 2.05) is 0 Å². The van der Waals surface area contributed by atoms with E-state index in [1.165, 1.54) is 0 Å². The van der Waals surface area contributed by atoms with Crippen LogP contribution in [0.3, 0.4) is 0 Å². The van der Waals surface area contributed by atoms with Gasteiger partial charge in [-0.25, -0.2) is 0 Å². The summed E-state index contributed by atoms with van der Waals surface area (Å²) in [4.78, 5) is 0. The molecule has 0 amide bonds. The SMILES string of the molecule is CC[C@H](C)COc1c(I)ccc(I)c1OC[C@@H](C)CC. The van der Waals surface area contributed by atoms with E-state index in [2.05, 4.69) is 85.0 Å². The summed E-state index contributed by atoms with van der Waals surface area (Å²) in [6.07, 6.45) is 2.26. The van der Waals surface area contributed by atoms with Gasteiger partial charge in [0.05, 0.1) is 20.4 Å². The summed E-state index contributed by atoms with van der Waals surface area (Å²) in [6, 6.07) is 4.18. The van der Waals surface area contributed by atoms with Crippen LogP contribution in [0.5, 0.6) is 11.5 Å². The van der Waals surface area contributed by atoms with Crippen molar-refractivity contribution in [3.05, 3.63) is 19.3 Å². The van der Waals surface area contributed by atoms with E-state index in [0.29, 0.717) is 11.8 Å². The molecule has 0 spiro atoms. The largest absolute Gasteiger partial charge is 0.488 e. The highest BCUT2D eigenvalue weighted by molar-refractivity contribution is 14.1. The van der Waals surface area contributed by atoms with Crippen LogP contribution >= 0.6 is 45.2 Å². The van der Waals surface area contributed by atoms with Crippen molar-refractivity contribution in [2.24, 2.45) is 11.8 Å².